The normalized spacial score (nSPS) is 20.4. The van der Waals surface area contributed by atoms with E-state index < -0.39 is 0 Å². The van der Waals surface area contributed by atoms with Crippen LogP contribution in [-0.2, 0) is 9.53 Å². The standard InChI is InChI=1S/C20H22FNO3/c1-14-3-9-18(10-4-14)24-13-20(23)22-11-15(2)25-19(12-22)16-5-7-17(21)8-6-16/h3-10,15,19H,11-13H2,1-2H3. The molecule has 1 fully saturated rings. The number of hydrogen-bond acceptors (Lipinski definition) is 3. The first-order chi connectivity index (χ1) is 12.0. The van der Waals surface area contributed by atoms with Gasteiger partial charge in [-0.05, 0) is 43.7 Å². The zero-order valence-corrected chi connectivity index (χ0v) is 14.4. The summed E-state index contributed by atoms with van der Waals surface area (Å²) in [7, 11) is 0. The van der Waals surface area contributed by atoms with Gasteiger partial charge in [-0.3, -0.25) is 4.79 Å². The molecule has 0 spiro atoms. The van der Waals surface area contributed by atoms with Crippen LogP contribution in [0.3, 0.4) is 0 Å². The molecule has 5 heteroatoms. The SMILES string of the molecule is Cc1ccc(OCC(=O)N2CC(C)OC(c3ccc(F)cc3)C2)cc1. The third kappa shape index (κ3) is 4.57. The molecule has 0 aromatic heterocycles. The minimum atomic E-state index is -0.285. The van der Waals surface area contributed by atoms with Crippen molar-refractivity contribution in [2.75, 3.05) is 19.7 Å². The topological polar surface area (TPSA) is 38.8 Å². The molecule has 132 valence electrons. The van der Waals surface area contributed by atoms with Gasteiger partial charge in [0.05, 0.1) is 12.6 Å². The fourth-order valence-electron chi connectivity index (χ4n) is 2.89. The maximum atomic E-state index is 13.1. The molecule has 1 saturated heterocycles. The Labute approximate surface area is 147 Å². The Balaban J connectivity index is 1.61. The largest absolute Gasteiger partial charge is 0.484 e. The maximum Gasteiger partial charge on any atom is 0.260 e. The Morgan fingerprint density at radius 2 is 1.84 bits per heavy atom. The van der Waals surface area contributed by atoms with E-state index in [1.54, 1.807) is 17.0 Å². The summed E-state index contributed by atoms with van der Waals surface area (Å²) in [4.78, 5) is 14.2. The molecule has 0 bridgehead atoms. The molecule has 3 rings (SSSR count). The summed E-state index contributed by atoms with van der Waals surface area (Å²) < 4.78 is 24.6. The van der Waals surface area contributed by atoms with Gasteiger partial charge in [0.15, 0.2) is 6.61 Å². The molecule has 1 aliphatic rings. The summed E-state index contributed by atoms with van der Waals surface area (Å²) in [5, 5.41) is 0. The molecule has 25 heavy (non-hydrogen) atoms. The van der Waals surface area contributed by atoms with Crippen molar-refractivity contribution in [1.82, 2.24) is 4.90 Å². The molecule has 0 radical (unpaired) electrons. The van der Waals surface area contributed by atoms with E-state index in [4.69, 9.17) is 9.47 Å². The number of halogens is 1. The molecular weight excluding hydrogens is 321 g/mol. The Morgan fingerprint density at radius 3 is 2.52 bits per heavy atom. The smallest absolute Gasteiger partial charge is 0.260 e. The van der Waals surface area contributed by atoms with Crippen LogP contribution >= 0.6 is 0 Å². The summed E-state index contributed by atoms with van der Waals surface area (Å²) in [6.07, 6.45) is -0.347. The average molecular weight is 343 g/mol. The number of rotatable bonds is 4. The monoisotopic (exact) mass is 343 g/mol. The van der Waals surface area contributed by atoms with Gasteiger partial charge in [-0.1, -0.05) is 29.8 Å². The molecule has 2 unspecified atom stereocenters. The molecule has 2 atom stereocenters. The van der Waals surface area contributed by atoms with E-state index in [0.29, 0.717) is 18.8 Å². The number of ether oxygens (including phenoxy) is 2. The third-order valence-electron chi connectivity index (χ3n) is 4.24. The predicted octanol–water partition coefficient (Wildman–Crippen LogP) is 3.50. The number of carbonyl (C=O) groups excluding carboxylic acids is 1. The second kappa shape index (κ2) is 7.66. The van der Waals surface area contributed by atoms with Crippen molar-refractivity contribution in [2.24, 2.45) is 0 Å². The maximum absolute atomic E-state index is 13.1. The van der Waals surface area contributed by atoms with Crippen LogP contribution in [0.4, 0.5) is 4.39 Å². The first-order valence-corrected chi connectivity index (χ1v) is 8.39. The number of nitrogens with zero attached hydrogens (tertiary/aromatic N) is 1. The fraction of sp³-hybridized carbons (Fsp3) is 0.350. The first-order valence-electron chi connectivity index (χ1n) is 8.39. The van der Waals surface area contributed by atoms with Gasteiger partial charge in [0.1, 0.15) is 17.7 Å². The lowest BCUT2D eigenvalue weighted by atomic mass is 10.1. The van der Waals surface area contributed by atoms with Crippen LogP contribution in [0.5, 0.6) is 5.75 Å². The van der Waals surface area contributed by atoms with Crippen LogP contribution in [0.15, 0.2) is 48.5 Å². The van der Waals surface area contributed by atoms with Crippen molar-refractivity contribution >= 4 is 5.91 Å². The number of aryl methyl sites for hydroxylation is 1. The highest BCUT2D eigenvalue weighted by Gasteiger charge is 2.29. The Kier molecular flexibility index (Phi) is 5.34. The molecule has 2 aromatic carbocycles. The molecule has 0 aliphatic carbocycles. The summed E-state index contributed by atoms with van der Waals surface area (Å²) in [6, 6.07) is 13.8. The van der Waals surface area contributed by atoms with Gasteiger partial charge in [-0.15, -0.1) is 0 Å². The molecule has 1 heterocycles. The molecule has 0 N–H and O–H groups in total. The van der Waals surface area contributed by atoms with Crippen LogP contribution in [0.25, 0.3) is 0 Å². The van der Waals surface area contributed by atoms with Gasteiger partial charge in [-0.25, -0.2) is 4.39 Å². The van der Waals surface area contributed by atoms with E-state index >= 15 is 0 Å². The van der Waals surface area contributed by atoms with Crippen molar-refractivity contribution in [3.8, 4) is 5.75 Å². The Bertz CT molecular complexity index is 715. The molecule has 2 aromatic rings. The summed E-state index contributed by atoms with van der Waals surface area (Å²) in [6.45, 7) is 4.88. The van der Waals surface area contributed by atoms with E-state index in [0.717, 1.165) is 11.1 Å². The summed E-state index contributed by atoms with van der Waals surface area (Å²) in [5.41, 5.74) is 2.01. The Hall–Kier alpha value is -2.40. The van der Waals surface area contributed by atoms with Gasteiger partial charge >= 0.3 is 0 Å². The van der Waals surface area contributed by atoms with Crippen molar-refractivity contribution in [3.63, 3.8) is 0 Å². The second-order valence-corrected chi connectivity index (χ2v) is 6.39. The summed E-state index contributed by atoms with van der Waals surface area (Å²) >= 11 is 0. The lowest BCUT2D eigenvalue weighted by Crippen LogP contribution is -2.47. The third-order valence-corrected chi connectivity index (χ3v) is 4.24. The van der Waals surface area contributed by atoms with Gasteiger partial charge in [0.25, 0.3) is 5.91 Å². The second-order valence-electron chi connectivity index (χ2n) is 6.39. The molecule has 0 saturated carbocycles. The van der Waals surface area contributed by atoms with Crippen LogP contribution in [-0.4, -0.2) is 36.6 Å². The van der Waals surface area contributed by atoms with E-state index in [2.05, 4.69) is 0 Å². The molecule has 1 aliphatic heterocycles. The number of hydrogen-bond donors (Lipinski definition) is 0. The highest BCUT2D eigenvalue weighted by Crippen LogP contribution is 2.25. The lowest BCUT2D eigenvalue weighted by molar-refractivity contribution is -0.146. The number of morpholine rings is 1. The zero-order valence-electron chi connectivity index (χ0n) is 14.4. The van der Waals surface area contributed by atoms with Gasteiger partial charge < -0.3 is 14.4 Å². The zero-order chi connectivity index (χ0) is 17.8. The highest BCUT2D eigenvalue weighted by atomic mass is 19.1. The van der Waals surface area contributed by atoms with Gasteiger partial charge in [-0.2, -0.15) is 0 Å². The van der Waals surface area contributed by atoms with E-state index in [-0.39, 0.29) is 30.5 Å². The average Bonchev–Trinajstić information content (AvgIpc) is 2.61. The van der Waals surface area contributed by atoms with Crippen LogP contribution in [0.1, 0.15) is 24.2 Å². The molecule has 1 amide bonds. The van der Waals surface area contributed by atoms with Crippen LogP contribution in [0.2, 0.25) is 0 Å². The van der Waals surface area contributed by atoms with Crippen LogP contribution in [0, 0.1) is 12.7 Å². The Morgan fingerprint density at radius 1 is 1.16 bits per heavy atom. The molecule has 4 nitrogen and oxygen atoms in total. The van der Waals surface area contributed by atoms with Crippen molar-refractivity contribution in [2.45, 2.75) is 26.1 Å². The van der Waals surface area contributed by atoms with Gasteiger partial charge in [0, 0.05) is 6.54 Å². The predicted molar refractivity (Wildman–Crippen MR) is 92.9 cm³/mol. The fourth-order valence-corrected chi connectivity index (χ4v) is 2.89. The first kappa shape index (κ1) is 17.4. The van der Waals surface area contributed by atoms with E-state index in [1.165, 1.54) is 12.1 Å². The number of amides is 1. The minimum Gasteiger partial charge on any atom is -0.484 e. The van der Waals surface area contributed by atoms with Crippen molar-refractivity contribution < 1.29 is 18.7 Å². The van der Waals surface area contributed by atoms with Crippen molar-refractivity contribution in [3.05, 3.63) is 65.5 Å². The van der Waals surface area contributed by atoms with E-state index in [9.17, 15) is 9.18 Å². The van der Waals surface area contributed by atoms with Crippen LogP contribution < -0.4 is 4.74 Å². The lowest BCUT2D eigenvalue weighted by Gasteiger charge is -2.37. The van der Waals surface area contributed by atoms with Gasteiger partial charge in [0.2, 0.25) is 0 Å². The number of benzene rings is 2. The highest BCUT2D eigenvalue weighted by molar-refractivity contribution is 5.78. The number of carbonyl (C=O) groups is 1. The summed E-state index contributed by atoms with van der Waals surface area (Å²) in [5.74, 6) is 0.310. The minimum absolute atomic E-state index is 0.00802. The van der Waals surface area contributed by atoms with Crippen molar-refractivity contribution in [1.29, 1.82) is 0 Å². The quantitative estimate of drug-likeness (QED) is 0.853. The molecular formula is C20H22FNO3. The van der Waals surface area contributed by atoms with E-state index in [1.807, 2.05) is 38.1 Å².